The Balaban J connectivity index is 2.26. The van der Waals surface area contributed by atoms with Crippen molar-refractivity contribution in [3.05, 3.63) is 41.2 Å². The van der Waals surface area contributed by atoms with Crippen molar-refractivity contribution >= 4 is 17.3 Å². The standard InChI is InChI=1S/C17H24N4/c1-6-18-16-12(4)17(20-13(5)19-16)21-15-9-7-14(8-10-15)11(2)3/h7-11H,6H2,1-5H3,(H2,18,19,20,21). The molecule has 0 radical (unpaired) electrons. The van der Waals surface area contributed by atoms with E-state index in [1.807, 2.05) is 13.8 Å². The Bertz CT molecular complexity index is 603. The van der Waals surface area contributed by atoms with Crippen LogP contribution in [0.3, 0.4) is 0 Å². The first-order valence-corrected chi connectivity index (χ1v) is 7.47. The van der Waals surface area contributed by atoms with Crippen LogP contribution in [0.5, 0.6) is 0 Å². The number of nitrogens with one attached hydrogen (secondary N) is 2. The number of aromatic nitrogens is 2. The molecule has 0 atom stereocenters. The van der Waals surface area contributed by atoms with E-state index in [1.165, 1.54) is 5.56 Å². The van der Waals surface area contributed by atoms with Crippen molar-refractivity contribution < 1.29 is 0 Å². The van der Waals surface area contributed by atoms with Gasteiger partial charge in [0.15, 0.2) is 0 Å². The van der Waals surface area contributed by atoms with Crippen LogP contribution in [-0.4, -0.2) is 16.5 Å². The summed E-state index contributed by atoms with van der Waals surface area (Å²) in [6, 6.07) is 8.50. The van der Waals surface area contributed by atoms with Crippen molar-refractivity contribution in [1.29, 1.82) is 0 Å². The Morgan fingerprint density at radius 2 is 1.62 bits per heavy atom. The zero-order valence-electron chi connectivity index (χ0n) is 13.5. The molecule has 4 heteroatoms. The quantitative estimate of drug-likeness (QED) is 0.854. The molecular formula is C17H24N4. The molecule has 0 amide bonds. The van der Waals surface area contributed by atoms with Crippen LogP contribution in [0, 0.1) is 13.8 Å². The van der Waals surface area contributed by atoms with Gasteiger partial charge in [0.25, 0.3) is 0 Å². The number of hydrogen-bond donors (Lipinski definition) is 2. The molecule has 0 saturated heterocycles. The number of nitrogens with zero attached hydrogens (tertiary/aromatic N) is 2. The van der Waals surface area contributed by atoms with E-state index in [0.29, 0.717) is 5.92 Å². The van der Waals surface area contributed by atoms with Gasteiger partial charge in [-0.05, 0) is 44.4 Å². The molecular weight excluding hydrogens is 260 g/mol. The molecule has 4 nitrogen and oxygen atoms in total. The molecule has 2 N–H and O–H groups in total. The van der Waals surface area contributed by atoms with Gasteiger partial charge in [0.05, 0.1) is 0 Å². The molecule has 21 heavy (non-hydrogen) atoms. The van der Waals surface area contributed by atoms with E-state index in [4.69, 9.17) is 0 Å². The molecule has 2 rings (SSSR count). The highest BCUT2D eigenvalue weighted by Gasteiger charge is 2.09. The monoisotopic (exact) mass is 284 g/mol. The third-order valence-electron chi connectivity index (χ3n) is 3.44. The summed E-state index contributed by atoms with van der Waals surface area (Å²) in [6.45, 7) is 11.2. The molecule has 1 aromatic heterocycles. The zero-order chi connectivity index (χ0) is 15.4. The first-order chi connectivity index (χ1) is 10.0. The van der Waals surface area contributed by atoms with Gasteiger partial charge in [-0.1, -0.05) is 26.0 Å². The molecule has 0 aliphatic rings. The lowest BCUT2D eigenvalue weighted by Crippen LogP contribution is -2.07. The zero-order valence-corrected chi connectivity index (χ0v) is 13.5. The molecule has 1 heterocycles. The second kappa shape index (κ2) is 6.57. The SMILES string of the molecule is CCNc1nc(C)nc(Nc2ccc(C(C)C)cc2)c1C. The van der Waals surface area contributed by atoms with Gasteiger partial charge in [-0.15, -0.1) is 0 Å². The van der Waals surface area contributed by atoms with Crippen LogP contribution >= 0.6 is 0 Å². The Labute approximate surface area is 127 Å². The molecule has 0 bridgehead atoms. The van der Waals surface area contributed by atoms with Gasteiger partial charge in [0.2, 0.25) is 0 Å². The van der Waals surface area contributed by atoms with Crippen molar-refractivity contribution in [2.24, 2.45) is 0 Å². The Hall–Kier alpha value is -2.10. The van der Waals surface area contributed by atoms with E-state index in [-0.39, 0.29) is 0 Å². The van der Waals surface area contributed by atoms with Gasteiger partial charge in [-0.2, -0.15) is 0 Å². The fourth-order valence-corrected chi connectivity index (χ4v) is 2.18. The molecule has 112 valence electrons. The highest BCUT2D eigenvalue weighted by atomic mass is 15.1. The highest BCUT2D eigenvalue weighted by molar-refractivity contribution is 5.64. The van der Waals surface area contributed by atoms with Crippen molar-refractivity contribution in [1.82, 2.24) is 9.97 Å². The predicted octanol–water partition coefficient (Wildman–Crippen LogP) is 4.39. The molecule has 0 fully saturated rings. The number of aryl methyl sites for hydroxylation is 1. The van der Waals surface area contributed by atoms with Crippen LogP contribution in [-0.2, 0) is 0 Å². The highest BCUT2D eigenvalue weighted by Crippen LogP contribution is 2.24. The maximum atomic E-state index is 4.51. The lowest BCUT2D eigenvalue weighted by Gasteiger charge is -2.14. The number of anilines is 3. The van der Waals surface area contributed by atoms with E-state index in [0.717, 1.165) is 35.3 Å². The average Bonchev–Trinajstić information content (AvgIpc) is 2.44. The second-order valence-corrected chi connectivity index (χ2v) is 5.53. The van der Waals surface area contributed by atoms with E-state index in [9.17, 15) is 0 Å². The lowest BCUT2D eigenvalue weighted by molar-refractivity contribution is 0.867. The maximum Gasteiger partial charge on any atom is 0.139 e. The minimum Gasteiger partial charge on any atom is -0.370 e. The first kappa shape index (κ1) is 15.3. The van der Waals surface area contributed by atoms with E-state index in [1.54, 1.807) is 0 Å². The molecule has 0 spiro atoms. The van der Waals surface area contributed by atoms with Crippen molar-refractivity contribution in [2.75, 3.05) is 17.2 Å². The summed E-state index contributed by atoms with van der Waals surface area (Å²) in [5, 5.41) is 6.66. The summed E-state index contributed by atoms with van der Waals surface area (Å²) in [7, 11) is 0. The number of benzene rings is 1. The topological polar surface area (TPSA) is 49.8 Å². The Kier molecular flexibility index (Phi) is 4.78. The van der Waals surface area contributed by atoms with Gasteiger partial charge in [-0.25, -0.2) is 9.97 Å². The van der Waals surface area contributed by atoms with E-state index < -0.39 is 0 Å². The minimum absolute atomic E-state index is 0.544. The van der Waals surface area contributed by atoms with Crippen molar-refractivity contribution in [3.63, 3.8) is 0 Å². The van der Waals surface area contributed by atoms with Gasteiger partial charge in [-0.3, -0.25) is 0 Å². The predicted molar refractivity (Wildman–Crippen MR) is 89.5 cm³/mol. The fourth-order valence-electron chi connectivity index (χ4n) is 2.18. The van der Waals surface area contributed by atoms with E-state index >= 15 is 0 Å². The van der Waals surface area contributed by atoms with Gasteiger partial charge in [0, 0.05) is 17.8 Å². The van der Waals surface area contributed by atoms with Crippen LogP contribution in [0.25, 0.3) is 0 Å². The van der Waals surface area contributed by atoms with Gasteiger partial charge < -0.3 is 10.6 Å². The first-order valence-electron chi connectivity index (χ1n) is 7.47. The third kappa shape index (κ3) is 3.72. The van der Waals surface area contributed by atoms with Crippen LogP contribution < -0.4 is 10.6 Å². The van der Waals surface area contributed by atoms with Crippen LogP contribution in [0.1, 0.15) is 43.6 Å². The minimum atomic E-state index is 0.544. The largest absolute Gasteiger partial charge is 0.370 e. The Morgan fingerprint density at radius 3 is 2.19 bits per heavy atom. The third-order valence-corrected chi connectivity index (χ3v) is 3.44. The van der Waals surface area contributed by atoms with E-state index in [2.05, 4.69) is 65.6 Å². The molecule has 0 aliphatic carbocycles. The molecule has 1 aromatic carbocycles. The molecule has 0 unspecified atom stereocenters. The summed E-state index contributed by atoms with van der Waals surface area (Å²) in [6.07, 6.45) is 0. The second-order valence-electron chi connectivity index (χ2n) is 5.53. The maximum absolute atomic E-state index is 4.51. The van der Waals surface area contributed by atoms with Crippen molar-refractivity contribution in [2.45, 2.75) is 40.5 Å². The van der Waals surface area contributed by atoms with Gasteiger partial charge in [0.1, 0.15) is 17.5 Å². The summed E-state index contributed by atoms with van der Waals surface area (Å²) in [5.74, 6) is 3.06. The number of rotatable bonds is 5. The Morgan fingerprint density at radius 1 is 1.00 bits per heavy atom. The summed E-state index contributed by atoms with van der Waals surface area (Å²) in [4.78, 5) is 8.95. The summed E-state index contributed by atoms with van der Waals surface area (Å²) < 4.78 is 0. The summed E-state index contributed by atoms with van der Waals surface area (Å²) in [5.41, 5.74) is 3.42. The van der Waals surface area contributed by atoms with Crippen molar-refractivity contribution in [3.8, 4) is 0 Å². The average molecular weight is 284 g/mol. The normalized spacial score (nSPS) is 10.8. The lowest BCUT2D eigenvalue weighted by atomic mass is 10.0. The number of hydrogen-bond acceptors (Lipinski definition) is 4. The molecule has 0 saturated carbocycles. The summed E-state index contributed by atoms with van der Waals surface area (Å²) >= 11 is 0. The smallest absolute Gasteiger partial charge is 0.139 e. The van der Waals surface area contributed by atoms with Crippen LogP contribution in [0.15, 0.2) is 24.3 Å². The van der Waals surface area contributed by atoms with Crippen LogP contribution in [0.2, 0.25) is 0 Å². The van der Waals surface area contributed by atoms with Gasteiger partial charge >= 0.3 is 0 Å². The fraction of sp³-hybridized carbons (Fsp3) is 0.412. The van der Waals surface area contributed by atoms with Crippen LogP contribution in [0.4, 0.5) is 17.3 Å². The molecule has 2 aromatic rings. The molecule has 0 aliphatic heterocycles.